The minimum absolute atomic E-state index is 0.0296. The Labute approximate surface area is 252 Å². The normalized spacial score (nSPS) is 25.6. The molecule has 1 saturated carbocycles. The van der Waals surface area contributed by atoms with Crippen LogP contribution in [0.2, 0.25) is 5.02 Å². The van der Waals surface area contributed by atoms with Crippen LogP contribution in [0.4, 0.5) is 10.5 Å². The van der Waals surface area contributed by atoms with Gasteiger partial charge in [-0.3, -0.25) is 9.59 Å². The second kappa shape index (κ2) is 12.5. The zero-order valence-corrected chi connectivity index (χ0v) is 25.4. The van der Waals surface area contributed by atoms with Gasteiger partial charge in [-0.15, -0.1) is 0 Å². The molecule has 2 unspecified atom stereocenters. The van der Waals surface area contributed by atoms with Crippen molar-refractivity contribution < 1.29 is 28.6 Å². The molecule has 1 N–H and O–H groups in total. The van der Waals surface area contributed by atoms with Crippen LogP contribution in [0.3, 0.4) is 0 Å². The Hall–Kier alpha value is -3.30. The number of hydrogen-bond donors (Lipinski definition) is 1. The predicted octanol–water partition coefficient (Wildman–Crippen LogP) is 5.22. The Bertz CT molecular complexity index is 1300. The summed E-state index contributed by atoms with van der Waals surface area (Å²) in [6.45, 7) is 7.08. The van der Waals surface area contributed by atoms with Crippen molar-refractivity contribution in [1.29, 1.82) is 0 Å². The molecule has 5 atom stereocenters. The van der Waals surface area contributed by atoms with Crippen LogP contribution in [-0.2, 0) is 19.1 Å². The van der Waals surface area contributed by atoms with Gasteiger partial charge in [0.15, 0.2) is 0 Å². The lowest BCUT2D eigenvalue weighted by atomic mass is 9.87. The zero-order chi connectivity index (χ0) is 30.0. The van der Waals surface area contributed by atoms with E-state index in [-0.39, 0.29) is 42.9 Å². The molecule has 5 rings (SSSR count). The van der Waals surface area contributed by atoms with E-state index in [0.29, 0.717) is 48.9 Å². The fourth-order valence-corrected chi connectivity index (χ4v) is 6.34. The Morgan fingerprint density at radius 2 is 1.88 bits per heavy atom. The van der Waals surface area contributed by atoms with Crippen molar-refractivity contribution in [2.75, 3.05) is 38.3 Å². The molecular formula is C32H40ClN3O6. The molecule has 2 saturated heterocycles. The van der Waals surface area contributed by atoms with Crippen molar-refractivity contribution in [2.45, 2.75) is 57.7 Å². The van der Waals surface area contributed by atoms with Crippen molar-refractivity contribution >= 4 is 35.2 Å². The van der Waals surface area contributed by atoms with Crippen LogP contribution in [0.25, 0.3) is 0 Å². The standard InChI is InChI=1S/C32H40ClN3O6/c1-20(21-9-6-5-7-10-21)34-29(37)22-15-23-19-35(18-22)31(39)42-32(2,3)25-17-27(25)36(30(23)38)24-11-12-26(33)28(16-24)41-14-8-13-40-4/h5-7,9-12,16,20,22-23,25,27H,8,13-15,17-19H2,1-4H3,(H,34,37)/t20-,22+,23-,25?,27?/m1/s1. The molecule has 2 bridgehead atoms. The molecule has 42 heavy (non-hydrogen) atoms. The third kappa shape index (κ3) is 6.52. The number of rotatable bonds is 9. The van der Waals surface area contributed by atoms with E-state index in [1.54, 1.807) is 19.2 Å². The largest absolute Gasteiger partial charge is 0.492 e. The fourth-order valence-electron chi connectivity index (χ4n) is 6.17. The highest BCUT2D eigenvalue weighted by molar-refractivity contribution is 6.32. The number of ether oxygens (including phenoxy) is 3. The molecule has 0 aromatic heterocycles. The molecule has 226 valence electrons. The first-order valence-electron chi connectivity index (χ1n) is 14.7. The van der Waals surface area contributed by atoms with Crippen LogP contribution >= 0.6 is 11.6 Å². The first-order valence-corrected chi connectivity index (χ1v) is 15.0. The Morgan fingerprint density at radius 1 is 1.12 bits per heavy atom. The summed E-state index contributed by atoms with van der Waals surface area (Å²) in [5, 5.41) is 3.54. The van der Waals surface area contributed by atoms with E-state index in [1.165, 1.54) is 4.90 Å². The summed E-state index contributed by atoms with van der Waals surface area (Å²) in [5.74, 6) is -0.964. The van der Waals surface area contributed by atoms with Gasteiger partial charge >= 0.3 is 6.09 Å². The van der Waals surface area contributed by atoms with Crippen molar-refractivity contribution in [3.05, 3.63) is 59.1 Å². The number of cyclic esters (lactones) is 1. The number of methoxy groups -OCH3 is 1. The summed E-state index contributed by atoms with van der Waals surface area (Å²) in [6, 6.07) is 14.7. The number of hydrogen-bond acceptors (Lipinski definition) is 6. The fraction of sp³-hybridized carbons (Fsp3) is 0.531. The smallest absolute Gasteiger partial charge is 0.410 e. The molecule has 2 aromatic rings. The highest BCUT2D eigenvalue weighted by Gasteiger charge is 2.57. The number of fused-ring (bicyclic) bond motifs is 3. The number of carbonyl (C=O) groups is 3. The number of halogens is 1. The molecule has 2 aliphatic heterocycles. The average Bonchev–Trinajstić information content (AvgIpc) is 3.78. The monoisotopic (exact) mass is 597 g/mol. The van der Waals surface area contributed by atoms with E-state index in [4.69, 9.17) is 25.8 Å². The van der Waals surface area contributed by atoms with Crippen LogP contribution in [0.1, 0.15) is 51.6 Å². The lowest BCUT2D eigenvalue weighted by Crippen LogP contribution is -2.55. The molecule has 9 nitrogen and oxygen atoms in total. The molecule has 3 fully saturated rings. The quantitative estimate of drug-likeness (QED) is 0.398. The number of nitrogens with one attached hydrogen (secondary N) is 1. The van der Waals surface area contributed by atoms with Crippen molar-refractivity contribution in [2.24, 2.45) is 17.8 Å². The van der Waals surface area contributed by atoms with Gasteiger partial charge in [-0.1, -0.05) is 41.9 Å². The van der Waals surface area contributed by atoms with Crippen LogP contribution < -0.4 is 15.0 Å². The van der Waals surface area contributed by atoms with E-state index >= 15 is 0 Å². The lowest BCUT2D eigenvalue weighted by Gasteiger charge is -2.41. The van der Waals surface area contributed by atoms with E-state index < -0.39 is 23.5 Å². The van der Waals surface area contributed by atoms with Crippen LogP contribution in [0.5, 0.6) is 5.75 Å². The van der Waals surface area contributed by atoms with Crippen molar-refractivity contribution in [3.8, 4) is 5.75 Å². The summed E-state index contributed by atoms with van der Waals surface area (Å²) in [7, 11) is 1.64. The molecule has 2 aromatic carbocycles. The SMILES string of the molecule is COCCCOc1cc(N2C(=O)[C@@H]3C[C@H](C(=O)N[C@H](C)c4ccccc4)CN(C3)C(=O)OC(C)(C)C3CC32)ccc1Cl. The van der Waals surface area contributed by atoms with Gasteiger partial charge in [-0.05, 0) is 51.3 Å². The highest BCUT2D eigenvalue weighted by atomic mass is 35.5. The maximum atomic E-state index is 14.4. The van der Waals surface area contributed by atoms with Gasteiger partial charge in [0.25, 0.3) is 0 Å². The number of anilines is 1. The van der Waals surface area contributed by atoms with Crippen LogP contribution in [-0.4, -0.2) is 67.9 Å². The van der Waals surface area contributed by atoms with E-state index in [1.807, 2.05) is 62.1 Å². The molecule has 1 aliphatic carbocycles. The van der Waals surface area contributed by atoms with Gasteiger partial charge < -0.3 is 29.3 Å². The maximum Gasteiger partial charge on any atom is 0.410 e. The first kappa shape index (κ1) is 30.2. The summed E-state index contributed by atoms with van der Waals surface area (Å²) in [4.78, 5) is 44.5. The Balaban J connectivity index is 1.42. The van der Waals surface area contributed by atoms with Crippen LogP contribution in [0, 0.1) is 17.8 Å². The van der Waals surface area contributed by atoms with Crippen LogP contribution in [0.15, 0.2) is 48.5 Å². The summed E-state index contributed by atoms with van der Waals surface area (Å²) in [5.41, 5.74) is 0.864. The first-order chi connectivity index (χ1) is 20.1. The van der Waals surface area contributed by atoms with Gasteiger partial charge in [-0.25, -0.2) is 4.79 Å². The Morgan fingerprint density at radius 3 is 2.62 bits per heavy atom. The van der Waals surface area contributed by atoms with Crippen molar-refractivity contribution in [1.82, 2.24) is 10.2 Å². The lowest BCUT2D eigenvalue weighted by molar-refractivity contribution is -0.131. The third-order valence-corrected chi connectivity index (χ3v) is 8.91. The third-order valence-electron chi connectivity index (χ3n) is 8.60. The summed E-state index contributed by atoms with van der Waals surface area (Å²) in [6.07, 6.45) is 1.25. The second-order valence-corrected chi connectivity index (χ2v) is 12.5. The van der Waals surface area contributed by atoms with Gasteiger partial charge in [0, 0.05) is 56.9 Å². The Kier molecular flexibility index (Phi) is 8.99. The van der Waals surface area contributed by atoms with Gasteiger partial charge in [0.05, 0.1) is 29.5 Å². The molecule has 2 heterocycles. The topological polar surface area (TPSA) is 97.4 Å². The summed E-state index contributed by atoms with van der Waals surface area (Å²) < 4.78 is 17.1. The minimum Gasteiger partial charge on any atom is -0.492 e. The molecule has 10 heteroatoms. The van der Waals surface area contributed by atoms with Gasteiger partial charge in [-0.2, -0.15) is 0 Å². The van der Waals surface area contributed by atoms with Crippen molar-refractivity contribution in [3.63, 3.8) is 0 Å². The molecule has 0 radical (unpaired) electrons. The molecule has 3 aliphatic rings. The van der Waals surface area contributed by atoms with Gasteiger partial charge in [0.1, 0.15) is 11.4 Å². The number of nitrogens with zero attached hydrogens (tertiary/aromatic N) is 2. The average molecular weight is 598 g/mol. The number of piperidine rings is 1. The number of carbonyl (C=O) groups excluding carboxylic acids is 3. The maximum absolute atomic E-state index is 14.4. The number of benzene rings is 2. The van der Waals surface area contributed by atoms with E-state index in [0.717, 1.165) is 5.56 Å². The predicted molar refractivity (Wildman–Crippen MR) is 160 cm³/mol. The second-order valence-electron chi connectivity index (χ2n) is 12.1. The zero-order valence-electron chi connectivity index (χ0n) is 24.7. The molecular weight excluding hydrogens is 558 g/mol. The van der Waals surface area contributed by atoms with E-state index in [2.05, 4.69) is 5.32 Å². The van der Waals surface area contributed by atoms with E-state index in [9.17, 15) is 14.4 Å². The number of amides is 3. The molecule has 3 amide bonds. The summed E-state index contributed by atoms with van der Waals surface area (Å²) >= 11 is 6.45. The highest BCUT2D eigenvalue weighted by Crippen LogP contribution is 2.49. The minimum atomic E-state index is -0.796. The molecule has 0 spiro atoms. The van der Waals surface area contributed by atoms with Gasteiger partial charge in [0.2, 0.25) is 11.8 Å².